The number of hydrogen-bond acceptors (Lipinski definition) is 3. The van der Waals surface area contributed by atoms with Crippen molar-refractivity contribution < 1.29 is 14.7 Å². The zero-order valence-corrected chi connectivity index (χ0v) is 12.4. The van der Waals surface area contributed by atoms with Crippen molar-refractivity contribution in [2.45, 2.75) is 32.4 Å². The van der Waals surface area contributed by atoms with Gasteiger partial charge in [-0.15, -0.1) is 0 Å². The van der Waals surface area contributed by atoms with Gasteiger partial charge < -0.3 is 21.5 Å². The summed E-state index contributed by atoms with van der Waals surface area (Å²) in [6, 6.07) is 7.69. The predicted octanol–water partition coefficient (Wildman–Crippen LogP) is 0.399. The van der Waals surface area contributed by atoms with Gasteiger partial charge in [-0.3, -0.25) is 4.79 Å². The van der Waals surface area contributed by atoms with Crippen LogP contribution in [0.5, 0.6) is 0 Å². The van der Waals surface area contributed by atoms with E-state index in [9.17, 15) is 14.7 Å². The fraction of sp³-hybridized carbons (Fsp3) is 0.467. The molecule has 1 rings (SSSR count). The lowest BCUT2D eigenvalue weighted by molar-refractivity contribution is -0.124. The Bertz CT molecular complexity index is 462. The first-order valence-electron chi connectivity index (χ1n) is 6.95. The lowest BCUT2D eigenvalue weighted by Crippen LogP contribution is -2.54. The highest BCUT2D eigenvalue weighted by Gasteiger charge is 2.25. The molecule has 2 atom stereocenters. The van der Waals surface area contributed by atoms with Crippen LogP contribution in [0, 0.1) is 5.92 Å². The average Bonchev–Trinajstić information content (AvgIpc) is 2.44. The van der Waals surface area contributed by atoms with Crippen LogP contribution in [0.4, 0.5) is 4.79 Å². The summed E-state index contributed by atoms with van der Waals surface area (Å²) in [4.78, 5) is 23.1. The molecule has 5 N–H and O–H groups in total. The standard InChI is InChI=1S/C15H23N3O3/c1-10(2)13(18-15(16)21)14(20)17-12(9-19)8-11-6-4-3-5-7-11/h3-7,10,12-13,19H,8-9H2,1-2H3,(H,17,20)(H3,16,18,21)/t12-,13?/m0/s1. The maximum absolute atomic E-state index is 12.2. The Morgan fingerprint density at radius 3 is 2.29 bits per heavy atom. The third-order valence-electron chi connectivity index (χ3n) is 3.14. The highest BCUT2D eigenvalue weighted by Crippen LogP contribution is 2.06. The summed E-state index contributed by atoms with van der Waals surface area (Å²) in [5.41, 5.74) is 6.09. The number of rotatable bonds is 7. The van der Waals surface area contributed by atoms with Crippen molar-refractivity contribution in [2.24, 2.45) is 11.7 Å². The van der Waals surface area contributed by atoms with Gasteiger partial charge in [0.25, 0.3) is 0 Å². The van der Waals surface area contributed by atoms with Crippen LogP contribution in [0.3, 0.4) is 0 Å². The fourth-order valence-corrected chi connectivity index (χ4v) is 2.04. The van der Waals surface area contributed by atoms with Gasteiger partial charge in [-0.2, -0.15) is 0 Å². The first-order chi connectivity index (χ1) is 9.93. The molecule has 0 aliphatic carbocycles. The normalized spacial score (nSPS) is 13.5. The molecular weight excluding hydrogens is 270 g/mol. The van der Waals surface area contributed by atoms with Crippen molar-refractivity contribution >= 4 is 11.9 Å². The van der Waals surface area contributed by atoms with Gasteiger partial charge in [0, 0.05) is 0 Å². The summed E-state index contributed by atoms with van der Waals surface area (Å²) in [5.74, 6) is -0.452. The molecule has 0 heterocycles. The second kappa shape index (κ2) is 8.26. The lowest BCUT2D eigenvalue weighted by Gasteiger charge is -2.24. The van der Waals surface area contributed by atoms with Crippen LogP contribution < -0.4 is 16.4 Å². The average molecular weight is 293 g/mol. The monoisotopic (exact) mass is 293 g/mol. The Labute approximate surface area is 124 Å². The molecule has 0 bridgehead atoms. The predicted molar refractivity (Wildman–Crippen MR) is 80.5 cm³/mol. The highest BCUT2D eigenvalue weighted by molar-refractivity contribution is 5.86. The third kappa shape index (κ3) is 5.83. The van der Waals surface area contributed by atoms with Crippen molar-refractivity contribution in [2.75, 3.05) is 6.61 Å². The van der Waals surface area contributed by atoms with E-state index in [1.54, 1.807) is 0 Å². The first kappa shape index (κ1) is 17.0. The van der Waals surface area contributed by atoms with Gasteiger partial charge in [-0.25, -0.2) is 4.79 Å². The number of aliphatic hydroxyl groups excluding tert-OH is 1. The van der Waals surface area contributed by atoms with Crippen molar-refractivity contribution in [3.05, 3.63) is 35.9 Å². The molecule has 3 amide bonds. The van der Waals surface area contributed by atoms with Gasteiger partial charge in [-0.1, -0.05) is 44.2 Å². The first-order valence-corrected chi connectivity index (χ1v) is 6.95. The largest absolute Gasteiger partial charge is 0.394 e. The van der Waals surface area contributed by atoms with Gasteiger partial charge in [0.1, 0.15) is 6.04 Å². The number of nitrogens with one attached hydrogen (secondary N) is 2. The van der Waals surface area contributed by atoms with Crippen molar-refractivity contribution in [3.63, 3.8) is 0 Å². The molecule has 0 fully saturated rings. The van der Waals surface area contributed by atoms with Crippen LogP contribution >= 0.6 is 0 Å². The van der Waals surface area contributed by atoms with Crippen LogP contribution in [0.2, 0.25) is 0 Å². The SMILES string of the molecule is CC(C)C(NC(N)=O)C(=O)N[C@H](CO)Cc1ccccc1. The van der Waals surface area contributed by atoms with E-state index in [0.29, 0.717) is 6.42 Å². The number of hydrogen-bond donors (Lipinski definition) is 4. The minimum Gasteiger partial charge on any atom is -0.394 e. The molecule has 0 saturated carbocycles. The summed E-state index contributed by atoms with van der Waals surface area (Å²) in [6.45, 7) is 3.44. The Morgan fingerprint density at radius 2 is 1.81 bits per heavy atom. The maximum atomic E-state index is 12.2. The van der Waals surface area contributed by atoms with Gasteiger partial charge >= 0.3 is 6.03 Å². The van der Waals surface area contributed by atoms with Crippen LogP contribution in [-0.4, -0.2) is 35.7 Å². The van der Waals surface area contributed by atoms with Crippen LogP contribution in [0.25, 0.3) is 0 Å². The molecule has 6 heteroatoms. The number of primary amides is 1. The number of nitrogens with two attached hydrogens (primary N) is 1. The Morgan fingerprint density at radius 1 is 1.19 bits per heavy atom. The molecule has 0 aromatic heterocycles. The maximum Gasteiger partial charge on any atom is 0.312 e. The molecule has 1 aromatic rings. The molecule has 1 unspecified atom stereocenters. The summed E-state index contributed by atoms with van der Waals surface area (Å²) in [6.07, 6.45) is 0.518. The number of urea groups is 1. The second-order valence-electron chi connectivity index (χ2n) is 5.31. The van der Waals surface area contributed by atoms with Gasteiger partial charge in [0.15, 0.2) is 0 Å². The number of aliphatic hydroxyl groups is 1. The molecule has 0 aliphatic rings. The van der Waals surface area contributed by atoms with Crippen molar-refractivity contribution in [3.8, 4) is 0 Å². The van der Waals surface area contributed by atoms with E-state index in [1.807, 2.05) is 44.2 Å². The summed E-state index contributed by atoms with van der Waals surface area (Å²) >= 11 is 0. The zero-order chi connectivity index (χ0) is 15.8. The molecular formula is C15H23N3O3. The molecule has 21 heavy (non-hydrogen) atoms. The van der Waals surface area contributed by atoms with Crippen LogP contribution in [0.15, 0.2) is 30.3 Å². The highest BCUT2D eigenvalue weighted by atomic mass is 16.3. The van der Waals surface area contributed by atoms with Gasteiger partial charge in [0.05, 0.1) is 12.6 Å². The topological polar surface area (TPSA) is 104 Å². The van der Waals surface area contributed by atoms with Gasteiger partial charge in [0.2, 0.25) is 5.91 Å². The number of amides is 3. The molecule has 6 nitrogen and oxygen atoms in total. The number of carbonyl (C=O) groups is 2. The molecule has 116 valence electrons. The Balaban J connectivity index is 2.66. The van der Waals surface area contributed by atoms with Crippen LogP contribution in [0.1, 0.15) is 19.4 Å². The molecule has 0 spiro atoms. The van der Waals surface area contributed by atoms with E-state index >= 15 is 0 Å². The van der Waals surface area contributed by atoms with E-state index in [2.05, 4.69) is 10.6 Å². The third-order valence-corrected chi connectivity index (χ3v) is 3.14. The molecule has 0 radical (unpaired) electrons. The minimum atomic E-state index is -0.743. The van der Waals surface area contributed by atoms with E-state index in [-0.39, 0.29) is 18.4 Å². The van der Waals surface area contributed by atoms with Crippen LogP contribution in [-0.2, 0) is 11.2 Å². The molecule has 1 aromatic carbocycles. The zero-order valence-electron chi connectivity index (χ0n) is 12.4. The van der Waals surface area contributed by atoms with E-state index in [0.717, 1.165) is 5.56 Å². The number of benzene rings is 1. The van der Waals surface area contributed by atoms with E-state index in [1.165, 1.54) is 0 Å². The quantitative estimate of drug-likeness (QED) is 0.585. The minimum absolute atomic E-state index is 0.103. The summed E-state index contributed by atoms with van der Waals surface area (Å²) < 4.78 is 0. The van der Waals surface area contributed by atoms with Crippen molar-refractivity contribution in [1.29, 1.82) is 0 Å². The molecule has 0 aliphatic heterocycles. The smallest absolute Gasteiger partial charge is 0.312 e. The number of carbonyl (C=O) groups excluding carboxylic acids is 2. The molecule has 0 saturated heterocycles. The Kier molecular flexibility index (Phi) is 6.68. The lowest BCUT2D eigenvalue weighted by atomic mass is 10.0. The fourth-order valence-electron chi connectivity index (χ4n) is 2.04. The van der Waals surface area contributed by atoms with E-state index < -0.39 is 18.1 Å². The van der Waals surface area contributed by atoms with Crippen molar-refractivity contribution in [1.82, 2.24) is 10.6 Å². The summed E-state index contributed by atoms with van der Waals surface area (Å²) in [5, 5.41) is 14.6. The summed E-state index contributed by atoms with van der Waals surface area (Å²) in [7, 11) is 0. The second-order valence-corrected chi connectivity index (χ2v) is 5.31. The van der Waals surface area contributed by atoms with Gasteiger partial charge in [-0.05, 0) is 17.9 Å². The van der Waals surface area contributed by atoms with E-state index in [4.69, 9.17) is 5.73 Å². The Hall–Kier alpha value is -2.08.